The molecular weight excluding hydrogens is 135 g/mol. The van der Waals surface area contributed by atoms with Gasteiger partial charge in [-0.1, -0.05) is 0 Å². The molecule has 0 saturated carbocycles. The van der Waals surface area contributed by atoms with Crippen molar-refractivity contribution in [1.29, 1.82) is 0 Å². The monoisotopic (exact) mass is 150 g/mol. The lowest BCUT2D eigenvalue weighted by Crippen LogP contribution is -2.21. The highest BCUT2D eigenvalue weighted by Crippen LogP contribution is 2.30. The van der Waals surface area contributed by atoms with E-state index in [2.05, 4.69) is 33.0 Å². The van der Waals surface area contributed by atoms with Gasteiger partial charge >= 0.3 is 0 Å². The predicted molar refractivity (Wildman–Crippen MR) is 43.2 cm³/mol. The van der Waals surface area contributed by atoms with Crippen LogP contribution in [0.25, 0.3) is 0 Å². The third-order valence-electron chi connectivity index (χ3n) is 0.456. The van der Waals surface area contributed by atoms with Crippen LogP contribution < -0.4 is 0 Å². The van der Waals surface area contributed by atoms with Crippen LogP contribution >= 0.6 is 8.15 Å². The fourth-order valence-electron chi connectivity index (χ4n) is 0.548. The molecule has 1 nitrogen and oxygen atoms in total. The standard InChI is InChI=1S/C5H15OPSi/c1-7(2)6-8(3,4)5/h1-5H3. The lowest BCUT2D eigenvalue weighted by molar-refractivity contribution is 0.627. The van der Waals surface area contributed by atoms with Crippen LogP contribution in [0.3, 0.4) is 0 Å². The molecule has 0 aliphatic heterocycles. The van der Waals surface area contributed by atoms with Gasteiger partial charge in [-0.25, -0.2) is 0 Å². The molecule has 3 heteroatoms. The molecule has 0 fully saturated rings. The Morgan fingerprint density at radius 2 is 1.50 bits per heavy atom. The quantitative estimate of drug-likeness (QED) is 0.434. The molecule has 0 aliphatic carbocycles. The Kier molecular flexibility index (Phi) is 3.18. The highest BCUT2D eigenvalue weighted by atomic mass is 31.1. The largest absolute Gasteiger partial charge is 0.397 e. The molecular formula is C5H15OPSi. The number of hydrogen-bond donors (Lipinski definition) is 0. The van der Waals surface area contributed by atoms with Crippen molar-refractivity contribution < 1.29 is 4.21 Å². The van der Waals surface area contributed by atoms with E-state index in [1.807, 2.05) is 0 Å². The van der Waals surface area contributed by atoms with Crippen molar-refractivity contribution in [1.82, 2.24) is 0 Å². The summed E-state index contributed by atoms with van der Waals surface area (Å²) >= 11 is 0. The van der Waals surface area contributed by atoms with E-state index in [9.17, 15) is 0 Å². The molecule has 0 atom stereocenters. The van der Waals surface area contributed by atoms with Crippen LogP contribution in [0.1, 0.15) is 0 Å². The zero-order valence-electron chi connectivity index (χ0n) is 6.36. The summed E-state index contributed by atoms with van der Waals surface area (Å²) in [6.45, 7) is 10.9. The van der Waals surface area contributed by atoms with E-state index < -0.39 is 8.32 Å². The zero-order chi connectivity index (χ0) is 6.78. The summed E-state index contributed by atoms with van der Waals surface area (Å²) in [5, 5.41) is 0. The minimum Gasteiger partial charge on any atom is -0.397 e. The highest BCUT2D eigenvalue weighted by Gasteiger charge is 2.15. The first-order valence-corrected chi connectivity index (χ1v) is 8.34. The molecule has 8 heavy (non-hydrogen) atoms. The molecule has 0 radical (unpaired) electrons. The molecule has 0 spiro atoms. The fraction of sp³-hybridized carbons (Fsp3) is 1.00. The summed E-state index contributed by atoms with van der Waals surface area (Å²) in [5.74, 6) is 0. The number of hydrogen-bond acceptors (Lipinski definition) is 1. The molecule has 0 amide bonds. The van der Waals surface area contributed by atoms with E-state index in [1.165, 1.54) is 0 Å². The highest BCUT2D eigenvalue weighted by molar-refractivity contribution is 7.52. The van der Waals surface area contributed by atoms with Crippen LogP contribution in [-0.2, 0) is 4.21 Å². The van der Waals surface area contributed by atoms with Crippen LogP contribution in [0, 0.1) is 0 Å². The van der Waals surface area contributed by atoms with E-state index in [-0.39, 0.29) is 8.15 Å². The first-order valence-electron chi connectivity index (χ1n) is 2.78. The summed E-state index contributed by atoms with van der Waals surface area (Å²) in [4.78, 5) is 0. The van der Waals surface area contributed by atoms with Crippen molar-refractivity contribution in [2.45, 2.75) is 19.6 Å². The molecule has 0 heterocycles. The third kappa shape index (κ3) is 6.61. The topological polar surface area (TPSA) is 9.23 Å². The van der Waals surface area contributed by atoms with Crippen LogP contribution in [0.2, 0.25) is 19.6 Å². The van der Waals surface area contributed by atoms with E-state index in [0.29, 0.717) is 0 Å². The average Bonchev–Trinajstić information content (AvgIpc) is 1.21. The first-order chi connectivity index (χ1) is 3.42. The van der Waals surface area contributed by atoms with Gasteiger partial charge in [0.1, 0.15) is 0 Å². The molecule has 0 saturated heterocycles. The molecule has 0 aromatic heterocycles. The van der Waals surface area contributed by atoms with Crippen molar-refractivity contribution >= 4 is 16.5 Å². The smallest absolute Gasteiger partial charge is 0.188 e. The fourth-order valence-corrected chi connectivity index (χ4v) is 4.93. The molecule has 0 aliphatic rings. The molecule has 50 valence electrons. The summed E-state index contributed by atoms with van der Waals surface area (Å²) in [6.07, 6.45) is 0. The Hall–Kier alpha value is 0.607. The van der Waals surface area contributed by atoms with E-state index in [1.54, 1.807) is 0 Å². The van der Waals surface area contributed by atoms with Crippen molar-refractivity contribution in [2.24, 2.45) is 0 Å². The van der Waals surface area contributed by atoms with Gasteiger partial charge in [-0.15, -0.1) is 0 Å². The third-order valence-corrected chi connectivity index (χ3v) is 4.11. The zero-order valence-corrected chi connectivity index (χ0v) is 8.25. The van der Waals surface area contributed by atoms with E-state index in [0.717, 1.165) is 0 Å². The van der Waals surface area contributed by atoms with Crippen molar-refractivity contribution in [3.05, 3.63) is 0 Å². The normalized spacial score (nSPS) is 12.8. The van der Waals surface area contributed by atoms with Gasteiger partial charge in [-0.3, -0.25) is 0 Å². The average molecular weight is 150 g/mol. The van der Waals surface area contributed by atoms with Gasteiger partial charge in [0, 0.05) is 8.15 Å². The van der Waals surface area contributed by atoms with Gasteiger partial charge in [0.25, 0.3) is 0 Å². The lowest BCUT2D eigenvalue weighted by Gasteiger charge is -2.19. The van der Waals surface area contributed by atoms with Crippen molar-refractivity contribution in [3.63, 3.8) is 0 Å². The second-order valence-electron chi connectivity index (χ2n) is 3.02. The van der Waals surface area contributed by atoms with Gasteiger partial charge in [0.05, 0.1) is 0 Å². The van der Waals surface area contributed by atoms with Crippen LogP contribution in [0.4, 0.5) is 0 Å². The van der Waals surface area contributed by atoms with Crippen molar-refractivity contribution in [3.8, 4) is 0 Å². The molecule has 0 unspecified atom stereocenters. The van der Waals surface area contributed by atoms with Gasteiger partial charge in [-0.2, -0.15) is 0 Å². The minimum absolute atomic E-state index is 0.127. The van der Waals surface area contributed by atoms with Crippen LogP contribution in [0.15, 0.2) is 0 Å². The van der Waals surface area contributed by atoms with E-state index >= 15 is 0 Å². The second kappa shape index (κ2) is 2.95. The predicted octanol–water partition coefficient (Wildman–Crippen LogP) is 2.49. The Bertz CT molecular complexity index is 67.3. The number of rotatable bonds is 2. The Morgan fingerprint density at radius 1 is 1.12 bits per heavy atom. The van der Waals surface area contributed by atoms with Crippen LogP contribution in [0.5, 0.6) is 0 Å². The van der Waals surface area contributed by atoms with Gasteiger partial charge in [-0.05, 0) is 33.0 Å². The Morgan fingerprint density at radius 3 is 1.50 bits per heavy atom. The van der Waals surface area contributed by atoms with Gasteiger partial charge in [0.2, 0.25) is 0 Å². The maximum Gasteiger partial charge on any atom is 0.188 e. The van der Waals surface area contributed by atoms with Crippen LogP contribution in [-0.4, -0.2) is 21.6 Å². The maximum absolute atomic E-state index is 5.64. The van der Waals surface area contributed by atoms with Gasteiger partial charge in [0.15, 0.2) is 8.32 Å². The molecule has 0 bridgehead atoms. The van der Waals surface area contributed by atoms with Crippen molar-refractivity contribution in [2.75, 3.05) is 13.3 Å². The molecule has 0 N–H and O–H groups in total. The minimum atomic E-state index is -1.19. The van der Waals surface area contributed by atoms with Gasteiger partial charge < -0.3 is 4.21 Å². The Labute approximate surface area is 54.4 Å². The first kappa shape index (κ1) is 8.61. The Balaban J connectivity index is 3.39. The lowest BCUT2D eigenvalue weighted by atomic mass is 11.8. The summed E-state index contributed by atoms with van der Waals surface area (Å²) < 4.78 is 5.64. The molecule has 0 aromatic carbocycles. The summed E-state index contributed by atoms with van der Waals surface area (Å²) in [7, 11) is -1.32. The molecule has 0 aromatic rings. The molecule has 0 rings (SSSR count). The SMILES string of the molecule is CP(C)O[Si](C)(C)C. The summed E-state index contributed by atoms with van der Waals surface area (Å²) in [5.41, 5.74) is 0. The summed E-state index contributed by atoms with van der Waals surface area (Å²) in [6, 6.07) is 0. The maximum atomic E-state index is 5.64. The van der Waals surface area contributed by atoms with E-state index in [4.69, 9.17) is 4.21 Å². The second-order valence-corrected chi connectivity index (χ2v) is 9.60.